The highest BCUT2D eigenvalue weighted by Gasteiger charge is 2.32. The van der Waals surface area contributed by atoms with Crippen LogP contribution in [0.2, 0.25) is 0 Å². The summed E-state index contributed by atoms with van der Waals surface area (Å²) < 4.78 is 27.4. The van der Waals surface area contributed by atoms with Crippen molar-refractivity contribution < 1.29 is 13.5 Å². The third-order valence-electron chi connectivity index (χ3n) is 3.63. The lowest BCUT2D eigenvalue weighted by Crippen LogP contribution is -2.44. The van der Waals surface area contributed by atoms with E-state index in [1.165, 1.54) is 11.3 Å². The van der Waals surface area contributed by atoms with Crippen LogP contribution in [0.5, 0.6) is 0 Å². The summed E-state index contributed by atoms with van der Waals surface area (Å²) in [5, 5.41) is 9.12. The zero-order valence-corrected chi connectivity index (χ0v) is 14.8. The maximum absolute atomic E-state index is 12.6. The predicted octanol–water partition coefficient (Wildman–Crippen LogP) is 1.72. The maximum atomic E-state index is 12.6. The monoisotopic (exact) mass is 382 g/mol. The first kappa shape index (κ1) is 16.4. The van der Waals surface area contributed by atoms with Crippen molar-refractivity contribution in [1.82, 2.24) is 9.21 Å². The van der Waals surface area contributed by atoms with Crippen LogP contribution in [0, 0.1) is 0 Å². The smallest absolute Gasteiger partial charge is 0.245 e. The summed E-state index contributed by atoms with van der Waals surface area (Å²) in [5.41, 5.74) is 0. The van der Waals surface area contributed by atoms with Gasteiger partial charge in [-0.25, -0.2) is 8.42 Å². The van der Waals surface area contributed by atoms with Crippen LogP contribution < -0.4 is 0 Å². The zero-order valence-electron chi connectivity index (χ0n) is 11.5. The molecule has 1 aliphatic rings. The lowest BCUT2D eigenvalue weighted by Gasteiger charge is -2.34. The number of nitrogens with zero attached hydrogens (tertiary/aromatic N) is 2. The molecule has 8 heteroatoms. The molecule has 0 aliphatic carbocycles. The Balaban J connectivity index is 2.17. The molecule has 20 heavy (non-hydrogen) atoms. The molecule has 1 fully saturated rings. The average molecular weight is 383 g/mol. The summed E-state index contributed by atoms with van der Waals surface area (Å²) in [6.07, 6.45) is 1.70. The number of rotatable bonds is 4. The van der Waals surface area contributed by atoms with E-state index in [1.807, 2.05) is 14.1 Å². The number of piperidine rings is 1. The summed E-state index contributed by atoms with van der Waals surface area (Å²) in [6, 6.07) is 2.00. The molecule has 1 saturated heterocycles. The Morgan fingerprint density at radius 2 is 2.05 bits per heavy atom. The molecular weight excluding hydrogens is 364 g/mol. The second kappa shape index (κ2) is 6.41. The lowest BCUT2D eigenvalue weighted by atomic mass is 10.1. The summed E-state index contributed by atoms with van der Waals surface area (Å²) >= 11 is 4.55. The zero-order chi connectivity index (χ0) is 14.9. The third kappa shape index (κ3) is 3.26. The van der Waals surface area contributed by atoms with E-state index in [9.17, 15) is 8.42 Å². The first-order chi connectivity index (χ1) is 9.36. The van der Waals surface area contributed by atoms with Gasteiger partial charge in [0.25, 0.3) is 0 Å². The molecule has 0 amide bonds. The maximum Gasteiger partial charge on any atom is 0.245 e. The average Bonchev–Trinajstić information content (AvgIpc) is 2.81. The fourth-order valence-electron chi connectivity index (χ4n) is 2.39. The van der Waals surface area contributed by atoms with Crippen molar-refractivity contribution in [3.8, 4) is 0 Å². The molecule has 1 aliphatic heterocycles. The number of aliphatic hydroxyl groups excluding tert-OH is 1. The van der Waals surface area contributed by atoms with Gasteiger partial charge in [-0.15, -0.1) is 11.3 Å². The van der Waals surface area contributed by atoms with Gasteiger partial charge in [0.15, 0.2) is 0 Å². The van der Waals surface area contributed by atoms with Crippen LogP contribution in [0.15, 0.2) is 14.7 Å². The molecule has 0 bridgehead atoms. The van der Waals surface area contributed by atoms with Crippen LogP contribution in [0.1, 0.15) is 17.7 Å². The number of sulfonamides is 1. The van der Waals surface area contributed by atoms with Gasteiger partial charge in [0.1, 0.15) is 4.90 Å². The van der Waals surface area contributed by atoms with Gasteiger partial charge in [0.05, 0.1) is 10.4 Å². The van der Waals surface area contributed by atoms with E-state index in [1.54, 1.807) is 10.4 Å². The molecule has 1 aromatic heterocycles. The number of hydrogen-bond acceptors (Lipinski definition) is 5. The lowest BCUT2D eigenvalue weighted by molar-refractivity contribution is 0.196. The Morgan fingerprint density at radius 3 is 2.50 bits per heavy atom. The fourth-order valence-corrected chi connectivity index (χ4v) is 6.35. The molecule has 0 unspecified atom stereocenters. The molecule has 0 radical (unpaired) electrons. The Morgan fingerprint density at radius 1 is 1.45 bits per heavy atom. The summed E-state index contributed by atoms with van der Waals surface area (Å²) in [7, 11) is 0.587. The van der Waals surface area contributed by atoms with Crippen LogP contribution >= 0.6 is 27.3 Å². The van der Waals surface area contributed by atoms with E-state index in [0.717, 1.165) is 12.8 Å². The Hall–Kier alpha value is 0.01000. The first-order valence-electron chi connectivity index (χ1n) is 6.42. The highest BCUT2D eigenvalue weighted by atomic mass is 79.9. The van der Waals surface area contributed by atoms with Crippen LogP contribution in [0.25, 0.3) is 0 Å². The largest absolute Gasteiger partial charge is 0.391 e. The van der Waals surface area contributed by atoms with Gasteiger partial charge in [-0.2, -0.15) is 4.31 Å². The second-order valence-electron chi connectivity index (χ2n) is 5.11. The van der Waals surface area contributed by atoms with Crippen molar-refractivity contribution in [3.63, 3.8) is 0 Å². The Labute approximate surface area is 132 Å². The van der Waals surface area contributed by atoms with Gasteiger partial charge in [-0.1, -0.05) is 0 Å². The van der Waals surface area contributed by atoms with Gasteiger partial charge in [0, 0.05) is 24.0 Å². The van der Waals surface area contributed by atoms with E-state index < -0.39 is 10.0 Å². The van der Waals surface area contributed by atoms with Crippen molar-refractivity contribution in [2.75, 3.05) is 27.2 Å². The predicted molar refractivity (Wildman–Crippen MR) is 83.4 cm³/mol. The van der Waals surface area contributed by atoms with Crippen LogP contribution in [0.3, 0.4) is 0 Å². The van der Waals surface area contributed by atoms with Crippen molar-refractivity contribution in [1.29, 1.82) is 0 Å². The molecule has 0 spiro atoms. The van der Waals surface area contributed by atoms with E-state index in [4.69, 9.17) is 5.11 Å². The molecular formula is C12H19BrN2O3S2. The van der Waals surface area contributed by atoms with Crippen molar-refractivity contribution in [2.45, 2.75) is 30.4 Å². The Bertz CT molecular complexity index is 563. The molecule has 0 aromatic carbocycles. The van der Waals surface area contributed by atoms with E-state index in [0.29, 0.717) is 27.8 Å². The van der Waals surface area contributed by atoms with E-state index in [-0.39, 0.29) is 11.5 Å². The molecule has 1 aromatic rings. The molecule has 0 saturated carbocycles. The van der Waals surface area contributed by atoms with Gasteiger partial charge in [-0.3, -0.25) is 0 Å². The highest BCUT2D eigenvalue weighted by Crippen LogP contribution is 2.34. The minimum atomic E-state index is -3.46. The quantitative estimate of drug-likeness (QED) is 0.860. The highest BCUT2D eigenvalue weighted by molar-refractivity contribution is 9.11. The standard InChI is InChI=1S/C12H19BrN2O3S2/c1-14(2)9-3-5-15(6-4-9)20(17,18)11-7-10(8-16)19-12(11)13/h7,9,16H,3-6,8H2,1-2H3. The van der Waals surface area contributed by atoms with Gasteiger partial charge in [0.2, 0.25) is 10.0 Å². The molecule has 114 valence electrons. The van der Waals surface area contributed by atoms with Crippen LogP contribution in [-0.2, 0) is 16.6 Å². The van der Waals surface area contributed by atoms with Crippen molar-refractivity contribution in [3.05, 3.63) is 14.7 Å². The minimum absolute atomic E-state index is 0.137. The number of hydrogen-bond donors (Lipinski definition) is 1. The number of thiophene rings is 1. The number of halogens is 1. The second-order valence-corrected chi connectivity index (χ2v) is 9.47. The first-order valence-corrected chi connectivity index (χ1v) is 9.47. The van der Waals surface area contributed by atoms with Gasteiger partial charge in [-0.05, 0) is 48.9 Å². The van der Waals surface area contributed by atoms with Gasteiger partial charge < -0.3 is 10.0 Å². The molecule has 5 nitrogen and oxygen atoms in total. The molecule has 0 atom stereocenters. The van der Waals surface area contributed by atoms with E-state index in [2.05, 4.69) is 20.8 Å². The normalized spacial score (nSPS) is 18.9. The van der Waals surface area contributed by atoms with E-state index >= 15 is 0 Å². The van der Waals surface area contributed by atoms with Crippen LogP contribution in [-0.4, -0.2) is 56.0 Å². The summed E-state index contributed by atoms with van der Waals surface area (Å²) in [6.45, 7) is 0.950. The molecule has 2 heterocycles. The molecule has 2 rings (SSSR count). The summed E-state index contributed by atoms with van der Waals surface area (Å²) in [5.74, 6) is 0. The molecule has 1 N–H and O–H groups in total. The fraction of sp³-hybridized carbons (Fsp3) is 0.667. The SMILES string of the molecule is CN(C)C1CCN(S(=O)(=O)c2cc(CO)sc2Br)CC1. The minimum Gasteiger partial charge on any atom is -0.391 e. The van der Waals surface area contributed by atoms with Gasteiger partial charge >= 0.3 is 0 Å². The topological polar surface area (TPSA) is 60.9 Å². The Kier molecular flexibility index (Phi) is 5.25. The van der Waals surface area contributed by atoms with Crippen molar-refractivity contribution >= 4 is 37.3 Å². The third-order valence-corrected chi connectivity index (χ3v) is 7.77. The van der Waals surface area contributed by atoms with Crippen molar-refractivity contribution in [2.24, 2.45) is 0 Å². The number of aliphatic hydroxyl groups is 1. The van der Waals surface area contributed by atoms with Crippen LogP contribution in [0.4, 0.5) is 0 Å². The summed E-state index contributed by atoms with van der Waals surface area (Å²) in [4.78, 5) is 3.07.